The highest BCUT2D eigenvalue weighted by Gasteiger charge is 2.23. The summed E-state index contributed by atoms with van der Waals surface area (Å²) >= 11 is 0. The molecule has 0 aliphatic rings. The fourth-order valence-corrected chi connectivity index (χ4v) is 2.02. The smallest absolute Gasteiger partial charge is 0.435 e. The standard InChI is InChI=1S/C15H19N3O4/c1-15(2,3)22-14(21)18-12-7-5-4-6-9(12)11(17-18)8-10(16)13(19)20/h4-7,10H,8,16H2,1-3H3,(H,19,20)/t10-/m1/s1. The molecule has 0 radical (unpaired) electrons. The van der Waals surface area contributed by atoms with Crippen LogP contribution < -0.4 is 5.73 Å². The van der Waals surface area contributed by atoms with Gasteiger partial charge in [-0.15, -0.1) is 0 Å². The number of nitrogens with two attached hydrogens (primary N) is 1. The number of hydrogen-bond acceptors (Lipinski definition) is 5. The van der Waals surface area contributed by atoms with Crippen molar-refractivity contribution in [3.8, 4) is 0 Å². The zero-order valence-corrected chi connectivity index (χ0v) is 12.7. The van der Waals surface area contributed by atoms with Crippen molar-refractivity contribution in [3.05, 3.63) is 30.0 Å². The normalized spacial score (nSPS) is 13.1. The van der Waals surface area contributed by atoms with E-state index in [1.807, 2.05) is 0 Å². The number of nitrogens with zero attached hydrogens (tertiary/aromatic N) is 2. The molecule has 1 aromatic heterocycles. The molecule has 0 fully saturated rings. The second-order valence-electron chi connectivity index (χ2n) is 6.00. The Balaban J connectivity index is 2.44. The van der Waals surface area contributed by atoms with E-state index < -0.39 is 23.7 Å². The minimum absolute atomic E-state index is 0.0334. The van der Waals surface area contributed by atoms with Crippen molar-refractivity contribution in [1.29, 1.82) is 0 Å². The third-order valence-corrected chi connectivity index (χ3v) is 2.96. The van der Waals surface area contributed by atoms with Crippen molar-refractivity contribution in [2.75, 3.05) is 0 Å². The van der Waals surface area contributed by atoms with Crippen LogP contribution >= 0.6 is 0 Å². The Hall–Kier alpha value is -2.41. The summed E-state index contributed by atoms with van der Waals surface area (Å²) in [5.41, 5.74) is 5.93. The van der Waals surface area contributed by atoms with Crippen LogP contribution in [0, 0.1) is 0 Å². The third kappa shape index (κ3) is 3.43. The number of carbonyl (C=O) groups is 2. The van der Waals surface area contributed by atoms with Crippen molar-refractivity contribution in [2.45, 2.75) is 38.8 Å². The molecule has 2 aromatic rings. The van der Waals surface area contributed by atoms with Crippen LogP contribution in [0.4, 0.5) is 4.79 Å². The summed E-state index contributed by atoms with van der Waals surface area (Å²) in [6.45, 7) is 5.29. The SMILES string of the molecule is CC(C)(C)OC(=O)n1nc(C[C@@H](N)C(=O)O)c2ccccc21. The van der Waals surface area contributed by atoms with Crippen LogP contribution in [-0.4, -0.2) is 38.6 Å². The fourth-order valence-electron chi connectivity index (χ4n) is 2.02. The van der Waals surface area contributed by atoms with Gasteiger partial charge in [0.15, 0.2) is 0 Å². The van der Waals surface area contributed by atoms with E-state index in [0.29, 0.717) is 16.6 Å². The summed E-state index contributed by atoms with van der Waals surface area (Å²) in [6, 6.07) is 5.98. The predicted octanol–water partition coefficient (Wildman–Crippen LogP) is 1.77. The zero-order valence-electron chi connectivity index (χ0n) is 12.7. The number of carboxylic acids is 1. The first kappa shape index (κ1) is 16.0. The Kier molecular flexibility index (Phi) is 4.18. The lowest BCUT2D eigenvalue weighted by molar-refractivity contribution is -0.138. The Morgan fingerprint density at radius 1 is 1.36 bits per heavy atom. The van der Waals surface area contributed by atoms with Crippen LogP contribution in [-0.2, 0) is 16.0 Å². The van der Waals surface area contributed by atoms with Crippen molar-refractivity contribution >= 4 is 23.0 Å². The molecule has 0 aliphatic heterocycles. The molecular weight excluding hydrogens is 286 g/mol. The lowest BCUT2D eigenvalue weighted by atomic mass is 10.1. The summed E-state index contributed by atoms with van der Waals surface area (Å²) < 4.78 is 6.45. The van der Waals surface area contributed by atoms with Crippen LogP contribution in [0.5, 0.6) is 0 Å². The minimum Gasteiger partial charge on any atom is -0.480 e. The average Bonchev–Trinajstić information content (AvgIpc) is 2.76. The van der Waals surface area contributed by atoms with Gasteiger partial charge < -0.3 is 15.6 Å². The van der Waals surface area contributed by atoms with Gasteiger partial charge in [-0.2, -0.15) is 9.78 Å². The number of carboxylic acid groups (broad SMARTS) is 1. The number of rotatable bonds is 3. The Bertz CT molecular complexity index is 715. The molecule has 3 N–H and O–H groups in total. The number of para-hydroxylation sites is 1. The van der Waals surface area contributed by atoms with Gasteiger partial charge in [0.05, 0.1) is 11.2 Å². The van der Waals surface area contributed by atoms with Crippen LogP contribution in [0.25, 0.3) is 10.9 Å². The highest BCUT2D eigenvalue weighted by Crippen LogP contribution is 2.21. The molecule has 1 heterocycles. The number of aromatic nitrogens is 2. The van der Waals surface area contributed by atoms with E-state index in [1.54, 1.807) is 45.0 Å². The zero-order chi connectivity index (χ0) is 16.5. The molecular formula is C15H19N3O4. The van der Waals surface area contributed by atoms with Gasteiger partial charge in [-0.3, -0.25) is 4.79 Å². The molecule has 22 heavy (non-hydrogen) atoms. The molecule has 0 unspecified atom stereocenters. The monoisotopic (exact) mass is 305 g/mol. The molecule has 118 valence electrons. The van der Waals surface area contributed by atoms with Gasteiger partial charge >= 0.3 is 12.1 Å². The molecule has 2 rings (SSSR count). The molecule has 0 aliphatic carbocycles. The van der Waals surface area contributed by atoms with Gasteiger partial charge in [0.2, 0.25) is 0 Å². The molecule has 0 saturated heterocycles. The molecule has 0 spiro atoms. The molecule has 7 heteroatoms. The van der Waals surface area contributed by atoms with Gasteiger partial charge in [0.1, 0.15) is 11.6 Å². The topological polar surface area (TPSA) is 107 Å². The van der Waals surface area contributed by atoms with E-state index in [0.717, 1.165) is 4.68 Å². The van der Waals surface area contributed by atoms with Crippen molar-refractivity contribution in [1.82, 2.24) is 9.78 Å². The lowest BCUT2D eigenvalue weighted by Gasteiger charge is -2.19. The van der Waals surface area contributed by atoms with E-state index in [2.05, 4.69) is 5.10 Å². The van der Waals surface area contributed by atoms with Crippen molar-refractivity contribution in [3.63, 3.8) is 0 Å². The minimum atomic E-state index is -1.11. The number of carbonyl (C=O) groups excluding carboxylic acids is 1. The number of hydrogen-bond donors (Lipinski definition) is 2. The first-order chi connectivity index (χ1) is 10.2. The summed E-state index contributed by atoms with van der Waals surface area (Å²) in [6.07, 6.45) is -0.579. The van der Waals surface area contributed by atoms with Gasteiger partial charge in [-0.25, -0.2) is 4.79 Å². The van der Waals surface area contributed by atoms with Crippen LogP contribution in [0.1, 0.15) is 26.5 Å². The first-order valence-electron chi connectivity index (χ1n) is 6.87. The van der Waals surface area contributed by atoms with Crippen LogP contribution in [0.2, 0.25) is 0 Å². The average molecular weight is 305 g/mol. The molecule has 0 saturated carbocycles. The van der Waals surface area contributed by atoms with Gasteiger partial charge in [0.25, 0.3) is 0 Å². The fraction of sp³-hybridized carbons (Fsp3) is 0.400. The number of fused-ring (bicyclic) bond motifs is 1. The van der Waals surface area contributed by atoms with Gasteiger partial charge in [-0.05, 0) is 26.8 Å². The summed E-state index contributed by atoms with van der Waals surface area (Å²) in [7, 11) is 0. The number of aliphatic carboxylic acids is 1. The van der Waals surface area contributed by atoms with E-state index >= 15 is 0 Å². The van der Waals surface area contributed by atoms with Crippen molar-refractivity contribution in [2.24, 2.45) is 5.73 Å². The quantitative estimate of drug-likeness (QED) is 0.895. The highest BCUT2D eigenvalue weighted by molar-refractivity contribution is 5.90. The van der Waals surface area contributed by atoms with E-state index in [-0.39, 0.29) is 6.42 Å². The second kappa shape index (κ2) is 5.76. The van der Waals surface area contributed by atoms with E-state index in [1.165, 1.54) is 0 Å². The molecule has 0 amide bonds. The molecule has 1 atom stereocenters. The number of benzene rings is 1. The maximum atomic E-state index is 12.2. The maximum Gasteiger partial charge on any atom is 0.435 e. The molecule has 1 aromatic carbocycles. The van der Waals surface area contributed by atoms with Crippen LogP contribution in [0.15, 0.2) is 24.3 Å². The summed E-state index contributed by atoms with van der Waals surface area (Å²) in [4.78, 5) is 23.2. The maximum absolute atomic E-state index is 12.2. The predicted molar refractivity (Wildman–Crippen MR) is 80.7 cm³/mol. The third-order valence-electron chi connectivity index (χ3n) is 2.96. The second-order valence-corrected chi connectivity index (χ2v) is 6.00. The van der Waals surface area contributed by atoms with Gasteiger partial charge in [0, 0.05) is 11.8 Å². The first-order valence-corrected chi connectivity index (χ1v) is 6.87. The Morgan fingerprint density at radius 3 is 2.59 bits per heavy atom. The number of ether oxygens (including phenoxy) is 1. The Morgan fingerprint density at radius 2 is 2.00 bits per heavy atom. The summed E-state index contributed by atoms with van der Waals surface area (Å²) in [5.74, 6) is -1.11. The molecule has 7 nitrogen and oxygen atoms in total. The molecule has 0 bridgehead atoms. The Labute approximate surface area is 127 Å². The van der Waals surface area contributed by atoms with Crippen molar-refractivity contribution < 1.29 is 19.4 Å². The van der Waals surface area contributed by atoms with Gasteiger partial charge in [-0.1, -0.05) is 18.2 Å². The summed E-state index contributed by atoms with van der Waals surface area (Å²) in [5, 5.41) is 13.8. The lowest BCUT2D eigenvalue weighted by Crippen LogP contribution is -2.32. The largest absolute Gasteiger partial charge is 0.480 e. The van der Waals surface area contributed by atoms with E-state index in [4.69, 9.17) is 15.6 Å². The van der Waals surface area contributed by atoms with E-state index in [9.17, 15) is 9.59 Å². The van der Waals surface area contributed by atoms with Crippen LogP contribution in [0.3, 0.4) is 0 Å². The highest BCUT2D eigenvalue weighted by atomic mass is 16.6.